The van der Waals surface area contributed by atoms with Crippen molar-refractivity contribution >= 4 is 33.7 Å². The maximum Gasteiger partial charge on any atom is 0.332 e. The predicted molar refractivity (Wildman–Crippen MR) is 109 cm³/mol. The van der Waals surface area contributed by atoms with Crippen molar-refractivity contribution in [3.63, 3.8) is 0 Å². The van der Waals surface area contributed by atoms with Crippen molar-refractivity contribution < 1.29 is 14.3 Å². The maximum atomic E-state index is 12.3. The van der Waals surface area contributed by atoms with Gasteiger partial charge < -0.3 is 9.47 Å². The molecule has 29 heavy (non-hydrogen) atoms. The van der Waals surface area contributed by atoms with Crippen molar-refractivity contribution in [3.05, 3.63) is 82.7 Å². The first kappa shape index (κ1) is 18.4. The molecule has 7 heteroatoms. The number of carbonyl (C=O) groups is 1. The molecule has 0 fully saturated rings. The van der Waals surface area contributed by atoms with Crippen molar-refractivity contribution in [1.29, 1.82) is 0 Å². The normalized spacial score (nSPS) is 11.2. The summed E-state index contributed by atoms with van der Waals surface area (Å²) < 4.78 is 11.3. The summed E-state index contributed by atoms with van der Waals surface area (Å²) in [6.45, 7) is -0.308. The molecule has 0 radical (unpaired) electrons. The lowest BCUT2D eigenvalue weighted by Crippen LogP contribution is -2.26. The highest BCUT2D eigenvalue weighted by Gasteiger charge is 2.06. The highest BCUT2D eigenvalue weighted by molar-refractivity contribution is 5.90. The Hall–Kier alpha value is -4.00. The van der Waals surface area contributed by atoms with E-state index in [1.165, 1.54) is 6.08 Å². The first-order chi connectivity index (χ1) is 14.1. The summed E-state index contributed by atoms with van der Waals surface area (Å²) in [5, 5.41) is 10.2. The van der Waals surface area contributed by atoms with Crippen LogP contribution in [0, 0.1) is 0 Å². The van der Waals surface area contributed by atoms with Crippen molar-refractivity contribution in [3.8, 4) is 5.75 Å². The number of aromatic nitrogens is 3. The van der Waals surface area contributed by atoms with Gasteiger partial charge in [-0.15, -0.1) is 5.10 Å². The number of methoxy groups -OCH3 is 1. The fourth-order valence-electron chi connectivity index (χ4n) is 2.92. The highest BCUT2D eigenvalue weighted by atomic mass is 16.5. The van der Waals surface area contributed by atoms with E-state index >= 15 is 0 Å². The Morgan fingerprint density at radius 1 is 1.07 bits per heavy atom. The molecule has 4 aromatic rings. The van der Waals surface area contributed by atoms with Crippen LogP contribution in [0.3, 0.4) is 0 Å². The summed E-state index contributed by atoms with van der Waals surface area (Å²) in [5.41, 5.74) is 0.980. The number of ether oxygens (including phenoxy) is 2. The van der Waals surface area contributed by atoms with Crippen LogP contribution < -0.4 is 10.3 Å². The van der Waals surface area contributed by atoms with Crippen molar-refractivity contribution in [2.24, 2.45) is 0 Å². The lowest BCUT2D eigenvalue weighted by molar-refractivity contribution is -0.141. The summed E-state index contributed by atoms with van der Waals surface area (Å²) in [7, 11) is 1.63. The SMILES string of the molecule is COc1ccc2cc(/C=C/C(=O)OCn3nnc4ccccc4c3=O)ccc2c1. The Balaban J connectivity index is 1.44. The van der Waals surface area contributed by atoms with E-state index < -0.39 is 5.97 Å². The lowest BCUT2D eigenvalue weighted by atomic mass is 10.1. The van der Waals surface area contributed by atoms with Gasteiger partial charge in [-0.1, -0.05) is 35.5 Å². The van der Waals surface area contributed by atoms with Crippen molar-refractivity contribution in [2.45, 2.75) is 6.73 Å². The van der Waals surface area contributed by atoms with Crippen LogP contribution in [0.1, 0.15) is 5.56 Å². The molecule has 3 aromatic carbocycles. The Kier molecular flexibility index (Phi) is 5.03. The molecule has 0 unspecified atom stereocenters. The molecule has 0 aliphatic heterocycles. The number of hydrogen-bond acceptors (Lipinski definition) is 6. The molecule has 1 aromatic heterocycles. The number of nitrogens with zero attached hydrogens (tertiary/aromatic N) is 3. The number of carbonyl (C=O) groups excluding carboxylic acids is 1. The van der Waals surface area contributed by atoms with Crippen LogP contribution in [0.2, 0.25) is 0 Å². The fourth-order valence-corrected chi connectivity index (χ4v) is 2.92. The topological polar surface area (TPSA) is 83.3 Å². The first-order valence-corrected chi connectivity index (χ1v) is 8.89. The summed E-state index contributed by atoms with van der Waals surface area (Å²) in [6, 6.07) is 18.4. The third-order valence-electron chi connectivity index (χ3n) is 4.44. The van der Waals surface area contributed by atoms with Crippen LogP contribution in [-0.2, 0) is 16.3 Å². The van der Waals surface area contributed by atoms with E-state index in [1.54, 1.807) is 37.5 Å². The molecule has 0 amide bonds. The molecule has 0 atom stereocenters. The average Bonchev–Trinajstić information content (AvgIpc) is 2.77. The minimum Gasteiger partial charge on any atom is -0.497 e. The standard InChI is InChI=1S/C22H17N3O4/c1-28-18-10-9-16-12-15(6-8-17(16)13-18)7-11-21(26)29-14-25-22(27)19-4-2-3-5-20(19)23-24-25/h2-13H,14H2,1H3/b11-7+. The van der Waals surface area contributed by atoms with Gasteiger partial charge in [-0.2, -0.15) is 4.68 Å². The zero-order chi connectivity index (χ0) is 20.2. The molecule has 0 aliphatic carbocycles. The Labute approximate surface area is 165 Å². The van der Waals surface area contributed by atoms with Crippen LogP contribution in [0.15, 0.2) is 71.5 Å². The molecule has 0 saturated carbocycles. The Morgan fingerprint density at radius 3 is 2.72 bits per heavy atom. The Bertz CT molecular complexity index is 1290. The van der Waals surface area contributed by atoms with Gasteiger partial charge >= 0.3 is 5.97 Å². The van der Waals surface area contributed by atoms with Gasteiger partial charge in [-0.05, 0) is 52.7 Å². The lowest BCUT2D eigenvalue weighted by Gasteiger charge is -2.05. The zero-order valence-electron chi connectivity index (χ0n) is 15.6. The van der Waals surface area contributed by atoms with Gasteiger partial charge in [0.05, 0.1) is 12.5 Å². The van der Waals surface area contributed by atoms with Crippen LogP contribution in [0.4, 0.5) is 0 Å². The average molecular weight is 387 g/mol. The van der Waals surface area contributed by atoms with Crippen molar-refractivity contribution in [2.75, 3.05) is 7.11 Å². The number of benzene rings is 3. The van der Waals surface area contributed by atoms with Gasteiger partial charge in [0.2, 0.25) is 0 Å². The quantitative estimate of drug-likeness (QED) is 0.386. The molecule has 144 valence electrons. The Morgan fingerprint density at radius 2 is 1.86 bits per heavy atom. The van der Waals surface area contributed by atoms with Crippen molar-refractivity contribution in [1.82, 2.24) is 15.0 Å². The molecule has 0 aliphatic rings. The van der Waals surface area contributed by atoms with E-state index in [9.17, 15) is 9.59 Å². The molecular weight excluding hydrogens is 370 g/mol. The van der Waals surface area contributed by atoms with E-state index in [0.717, 1.165) is 26.8 Å². The second-order valence-corrected chi connectivity index (χ2v) is 6.31. The molecule has 0 N–H and O–H groups in total. The summed E-state index contributed by atoms with van der Waals surface area (Å²) in [4.78, 5) is 24.4. The van der Waals surface area contributed by atoms with Gasteiger partial charge in [-0.25, -0.2) is 4.79 Å². The van der Waals surface area contributed by atoms with E-state index in [4.69, 9.17) is 9.47 Å². The monoisotopic (exact) mass is 387 g/mol. The number of rotatable bonds is 5. The minimum absolute atomic E-state index is 0.308. The van der Waals surface area contributed by atoms with Crippen LogP contribution >= 0.6 is 0 Å². The minimum atomic E-state index is -0.582. The molecular formula is C22H17N3O4. The van der Waals surface area contributed by atoms with Crippen LogP contribution in [0.25, 0.3) is 27.8 Å². The van der Waals surface area contributed by atoms with Gasteiger partial charge in [-0.3, -0.25) is 4.79 Å². The third kappa shape index (κ3) is 3.98. The molecule has 0 bridgehead atoms. The summed E-state index contributed by atoms with van der Waals surface area (Å²) >= 11 is 0. The largest absolute Gasteiger partial charge is 0.497 e. The number of fused-ring (bicyclic) bond motifs is 2. The van der Waals surface area contributed by atoms with Gasteiger partial charge in [0, 0.05) is 6.08 Å². The zero-order valence-corrected chi connectivity index (χ0v) is 15.6. The van der Waals surface area contributed by atoms with Gasteiger partial charge in [0.25, 0.3) is 5.56 Å². The van der Waals surface area contributed by atoms with Crippen LogP contribution in [0.5, 0.6) is 5.75 Å². The second kappa shape index (κ2) is 7.93. The van der Waals surface area contributed by atoms with E-state index in [-0.39, 0.29) is 12.3 Å². The number of esters is 1. The third-order valence-corrected chi connectivity index (χ3v) is 4.44. The summed E-state index contributed by atoms with van der Waals surface area (Å²) in [5.74, 6) is 0.207. The second-order valence-electron chi connectivity index (χ2n) is 6.31. The van der Waals surface area contributed by atoms with Gasteiger partial charge in [0.15, 0.2) is 6.73 Å². The van der Waals surface area contributed by atoms with E-state index in [0.29, 0.717) is 10.9 Å². The summed E-state index contributed by atoms with van der Waals surface area (Å²) in [6.07, 6.45) is 2.96. The fraction of sp³-hybridized carbons (Fsp3) is 0.0909. The highest BCUT2D eigenvalue weighted by Crippen LogP contribution is 2.22. The maximum absolute atomic E-state index is 12.3. The van der Waals surface area contributed by atoms with Crippen LogP contribution in [-0.4, -0.2) is 28.1 Å². The van der Waals surface area contributed by atoms with E-state index in [2.05, 4.69) is 10.3 Å². The van der Waals surface area contributed by atoms with Gasteiger partial charge in [0.1, 0.15) is 11.3 Å². The molecule has 1 heterocycles. The molecule has 4 rings (SSSR count). The number of hydrogen-bond donors (Lipinski definition) is 0. The van der Waals surface area contributed by atoms with E-state index in [1.807, 2.05) is 36.4 Å². The smallest absolute Gasteiger partial charge is 0.332 e. The predicted octanol–water partition coefficient (Wildman–Crippen LogP) is 3.17. The molecule has 0 saturated heterocycles. The molecule has 7 nitrogen and oxygen atoms in total. The molecule has 0 spiro atoms. The first-order valence-electron chi connectivity index (χ1n) is 8.89.